The molecule has 0 aliphatic heterocycles. The highest BCUT2D eigenvalue weighted by Crippen LogP contribution is 2.29. The van der Waals surface area contributed by atoms with E-state index in [4.69, 9.17) is 4.74 Å². The van der Waals surface area contributed by atoms with E-state index in [1.54, 1.807) is 7.11 Å². The molecule has 0 amide bonds. The van der Waals surface area contributed by atoms with Gasteiger partial charge in [0.2, 0.25) is 0 Å². The summed E-state index contributed by atoms with van der Waals surface area (Å²) < 4.78 is 5.20. The number of carbonyl (C=O) groups excluding carboxylic acids is 1. The molecule has 3 heteroatoms. The topological polar surface area (TPSA) is 29.5 Å². The van der Waals surface area contributed by atoms with Crippen molar-refractivity contribution < 1.29 is 9.53 Å². The van der Waals surface area contributed by atoms with Crippen LogP contribution >= 0.6 is 0 Å². The molecule has 1 fully saturated rings. The van der Waals surface area contributed by atoms with Crippen LogP contribution in [-0.4, -0.2) is 38.4 Å². The maximum absolute atomic E-state index is 12.3. The van der Waals surface area contributed by atoms with E-state index in [0.717, 1.165) is 36.3 Å². The van der Waals surface area contributed by atoms with Crippen LogP contribution in [0, 0.1) is 5.92 Å². The highest BCUT2D eigenvalue weighted by molar-refractivity contribution is 6.03. The molecule has 0 spiro atoms. The minimum atomic E-state index is 0.159. The van der Waals surface area contributed by atoms with Gasteiger partial charge in [0, 0.05) is 12.5 Å². The Hall–Kier alpha value is -1.61. The van der Waals surface area contributed by atoms with Crippen LogP contribution in [0.25, 0.3) is 6.08 Å². The second-order valence-corrected chi connectivity index (χ2v) is 5.31. The maximum Gasteiger partial charge on any atom is 0.163 e. The summed E-state index contributed by atoms with van der Waals surface area (Å²) >= 11 is 0. The van der Waals surface area contributed by atoms with Crippen molar-refractivity contribution in [3.05, 3.63) is 35.4 Å². The van der Waals surface area contributed by atoms with Gasteiger partial charge in [0.1, 0.15) is 5.75 Å². The fourth-order valence-electron chi connectivity index (χ4n) is 2.54. The Bertz CT molecular complexity index is 491. The average Bonchev–Trinajstić information content (AvgIpc) is 2.71. The van der Waals surface area contributed by atoms with Gasteiger partial charge in [0.15, 0.2) is 5.78 Å². The summed E-state index contributed by atoms with van der Waals surface area (Å²) in [6.07, 6.45) is 3.85. The summed E-state index contributed by atoms with van der Waals surface area (Å²) in [7, 11) is 5.67. The van der Waals surface area contributed by atoms with Gasteiger partial charge in [0.25, 0.3) is 0 Å². The first kappa shape index (κ1) is 13.8. The molecule has 3 nitrogen and oxygen atoms in total. The first-order chi connectivity index (χ1) is 9.10. The molecule has 1 saturated carbocycles. The summed E-state index contributed by atoms with van der Waals surface area (Å²) in [5, 5.41) is 0. The van der Waals surface area contributed by atoms with E-state index in [2.05, 4.69) is 4.90 Å². The summed E-state index contributed by atoms with van der Waals surface area (Å²) in [4.78, 5) is 14.4. The van der Waals surface area contributed by atoms with Gasteiger partial charge in [0.05, 0.1) is 7.11 Å². The van der Waals surface area contributed by atoms with Crippen molar-refractivity contribution in [3.8, 4) is 5.75 Å². The molecule has 19 heavy (non-hydrogen) atoms. The van der Waals surface area contributed by atoms with Crippen LogP contribution in [0.2, 0.25) is 0 Å². The number of carbonyl (C=O) groups is 1. The van der Waals surface area contributed by atoms with Crippen LogP contribution in [0.5, 0.6) is 5.75 Å². The quantitative estimate of drug-likeness (QED) is 0.778. The summed E-state index contributed by atoms with van der Waals surface area (Å²) in [6.45, 7) is 0.842. The number of nitrogens with zero attached hydrogens (tertiary/aromatic N) is 1. The zero-order valence-corrected chi connectivity index (χ0v) is 11.8. The van der Waals surface area contributed by atoms with Crippen LogP contribution in [0.15, 0.2) is 29.8 Å². The van der Waals surface area contributed by atoms with Gasteiger partial charge in [-0.1, -0.05) is 12.1 Å². The van der Waals surface area contributed by atoms with Gasteiger partial charge in [-0.05, 0) is 56.3 Å². The normalized spacial score (nSPS) is 21.4. The van der Waals surface area contributed by atoms with E-state index < -0.39 is 0 Å². The molecular weight excluding hydrogens is 238 g/mol. The van der Waals surface area contributed by atoms with E-state index >= 15 is 0 Å². The molecule has 1 aromatic rings. The van der Waals surface area contributed by atoms with Gasteiger partial charge in [-0.15, -0.1) is 0 Å². The van der Waals surface area contributed by atoms with Crippen LogP contribution in [-0.2, 0) is 4.79 Å². The number of allylic oxidation sites excluding steroid dienone is 1. The second-order valence-electron chi connectivity index (χ2n) is 5.31. The summed E-state index contributed by atoms with van der Waals surface area (Å²) in [5.74, 6) is 1.29. The van der Waals surface area contributed by atoms with Crippen LogP contribution in [0.3, 0.4) is 0 Å². The molecule has 0 N–H and O–H groups in total. The third kappa shape index (κ3) is 3.44. The van der Waals surface area contributed by atoms with Crippen molar-refractivity contribution in [2.45, 2.75) is 12.8 Å². The van der Waals surface area contributed by atoms with Gasteiger partial charge >= 0.3 is 0 Å². The van der Waals surface area contributed by atoms with Crippen molar-refractivity contribution in [2.24, 2.45) is 5.92 Å². The number of rotatable bonds is 4. The minimum Gasteiger partial charge on any atom is -0.497 e. The van der Waals surface area contributed by atoms with Crippen LogP contribution in [0.1, 0.15) is 18.4 Å². The molecule has 1 atom stereocenters. The van der Waals surface area contributed by atoms with Gasteiger partial charge < -0.3 is 9.64 Å². The van der Waals surface area contributed by atoms with Gasteiger partial charge in [-0.3, -0.25) is 4.79 Å². The number of ketones is 1. The minimum absolute atomic E-state index is 0.159. The number of ether oxygens (including phenoxy) is 1. The molecule has 0 heterocycles. The molecule has 0 aromatic heterocycles. The predicted octanol–water partition coefficient (Wildman–Crippen LogP) is 2.62. The molecule has 0 unspecified atom stereocenters. The third-order valence-electron chi connectivity index (χ3n) is 3.47. The molecule has 102 valence electrons. The number of hydrogen-bond donors (Lipinski definition) is 0. The van der Waals surface area contributed by atoms with Crippen molar-refractivity contribution in [2.75, 3.05) is 27.7 Å². The lowest BCUT2D eigenvalue weighted by atomic mass is 10.0. The number of benzene rings is 1. The zero-order valence-electron chi connectivity index (χ0n) is 11.8. The standard InChI is InChI=1S/C16H21NO2/c1-17(2)11-14-8-7-13(16(14)18)9-12-5-4-6-15(10-12)19-3/h4-6,9-10,14H,7-8,11H2,1-3H3/b13-9+/t14-/m1/s1. The van der Waals surface area contributed by atoms with Crippen LogP contribution in [0.4, 0.5) is 0 Å². The Balaban J connectivity index is 2.14. The Morgan fingerprint density at radius 3 is 2.89 bits per heavy atom. The molecule has 0 bridgehead atoms. The smallest absolute Gasteiger partial charge is 0.163 e. The molecule has 1 aromatic carbocycles. The molecule has 0 saturated heterocycles. The lowest BCUT2D eigenvalue weighted by molar-refractivity contribution is -0.118. The number of methoxy groups -OCH3 is 1. The first-order valence-electron chi connectivity index (χ1n) is 6.63. The van der Waals surface area contributed by atoms with E-state index in [-0.39, 0.29) is 5.92 Å². The Labute approximate surface area is 114 Å². The zero-order chi connectivity index (χ0) is 13.8. The number of Topliss-reactive ketones (excluding diaryl/α,β-unsaturated/α-hetero) is 1. The highest BCUT2D eigenvalue weighted by Gasteiger charge is 2.29. The van der Waals surface area contributed by atoms with E-state index in [9.17, 15) is 4.79 Å². The molecular formula is C16H21NO2. The molecule has 1 aliphatic carbocycles. The van der Waals surface area contributed by atoms with E-state index in [1.807, 2.05) is 44.4 Å². The maximum atomic E-state index is 12.3. The van der Waals surface area contributed by atoms with E-state index in [0.29, 0.717) is 5.78 Å². The second kappa shape index (κ2) is 6.02. The largest absolute Gasteiger partial charge is 0.497 e. The monoisotopic (exact) mass is 259 g/mol. The number of hydrogen-bond acceptors (Lipinski definition) is 3. The predicted molar refractivity (Wildman–Crippen MR) is 77.3 cm³/mol. The lowest BCUT2D eigenvalue weighted by Gasteiger charge is -2.13. The van der Waals surface area contributed by atoms with Crippen molar-refractivity contribution in [3.63, 3.8) is 0 Å². The molecule has 1 aliphatic rings. The summed E-state index contributed by atoms with van der Waals surface area (Å²) in [5.41, 5.74) is 1.98. The molecule has 0 radical (unpaired) electrons. The fraction of sp³-hybridized carbons (Fsp3) is 0.438. The van der Waals surface area contributed by atoms with Crippen molar-refractivity contribution in [1.29, 1.82) is 0 Å². The van der Waals surface area contributed by atoms with Gasteiger partial charge in [-0.25, -0.2) is 0 Å². The van der Waals surface area contributed by atoms with E-state index in [1.165, 1.54) is 0 Å². The molecule has 2 rings (SSSR count). The third-order valence-corrected chi connectivity index (χ3v) is 3.47. The fourth-order valence-corrected chi connectivity index (χ4v) is 2.54. The van der Waals surface area contributed by atoms with Crippen molar-refractivity contribution in [1.82, 2.24) is 4.90 Å². The van der Waals surface area contributed by atoms with Crippen molar-refractivity contribution >= 4 is 11.9 Å². The Morgan fingerprint density at radius 1 is 1.42 bits per heavy atom. The highest BCUT2D eigenvalue weighted by atomic mass is 16.5. The average molecular weight is 259 g/mol. The van der Waals surface area contributed by atoms with Gasteiger partial charge in [-0.2, -0.15) is 0 Å². The Kier molecular flexibility index (Phi) is 4.38. The van der Waals surface area contributed by atoms with Crippen LogP contribution < -0.4 is 4.74 Å². The SMILES string of the molecule is COc1cccc(/C=C2\CC[C@H](CN(C)C)C2=O)c1. The summed E-state index contributed by atoms with van der Waals surface area (Å²) in [6, 6.07) is 7.82. The first-order valence-corrected chi connectivity index (χ1v) is 6.63. The Morgan fingerprint density at radius 2 is 2.21 bits per heavy atom. The lowest BCUT2D eigenvalue weighted by Crippen LogP contribution is -2.24.